The quantitative estimate of drug-likeness (QED) is 0.870. The predicted molar refractivity (Wildman–Crippen MR) is 82.5 cm³/mol. The fourth-order valence-electron chi connectivity index (χ4n) is 2.27. The summed E-state index contributed by atoms with van der Waals surface area (Å²) >= 11 is 4.19. The summed E-state index contributed by atoms with van der Waals surface area (Å²) in [6, 6.07) is 0.457. The summed E-state index contributed by atoms with van der Waals surface area (Å²) in [7, 11) is 0. The smallest absolute Gasteiger partial charge is 0.0538 e. The first-order valence-corrected chi connectivity index (χ1v) is 9.00. The highest BCUT2D eigenvalue weighted by molar-refractivity contribution is 8.06. The van der Waals surface area contributed by atoms with E-state index in [2.05, 4.69) is 58.7 Å². The van der Waals surface area contributed by atoms with Crippen LogP contribution in [0.4, 0.5) is 0 Å². The topological polar surface area (TPSA) is 29.9 Å². The molecule has 1 N–H and O–H groups in total. The summed E-state index contributed by atoms with van der Waals surface area (Å²) in [5, 5.41) is 8.78. The van der Waals surface area contributed by atoms with Crippen molar-refractivity contribution < 1.29 is 0 Å². The number of aryl methyl sites for hydroxylation is 1. The molecule has 102 valence electrons. The Hall–Kier alpha value is -0.130. The molecule has 2 unspecified atom stereocenters. The third-order valence-electron chi connectivity index (χ3n) is 3.10. The molecule has 0 saturated carbocycles. The van der Waals surface area contributed by atoms with Gasteiger partial charge in [-0.3, -0.25) is 4.68 Å². The minimum absolute atomic E-state index is 0.457. The third kappa shape index (κ3) is 3.68. The number of nitrogens with zero attached hydrogens (tertiary/aromatic N) is 2. The zero-order chi connectivity index (χ0) is 12.8. The monoisotopic (exact) mass is 285 g/mol. The molecular weight excluding hydrogens is 262 g/mol. The highest BCUT2D eigenvalue weighted by atomic mass is 32.2. The molecule has 0 amide bonds. The van der Waals surface area contributed by atoms with Gasteiger partial charge in [0.1, 0.15) is 0 Å². The first-order chi connectivity index (χ1) is 8.85. The Balaban J connectivity index is 2.06. The van der Waals surface area contributed by atoms with Crippen molar-refractivity contribution >= 4 is 23.5 Å². The normalized spacial score (nSPS) is 22.0. The minimum Gasteiger partial charge on any atom is -0.309 e. The summed E-state index contributed by atoms with van der Waals surface area (Å²) in [6.07, 6.45) is 5.40. The molecule has 1 aliphatic heterocycles. The molecule has 1 saturated heterocycles. The molecule has 2 rings (SSSR count). The summed E-state index contributed by atoms with van der Waals surface area (Å²) in [5.74, 6) is 3.83. The van der Waals surface area contributed by atoms with E-state index in [-0.39, 0.29) is 0 Å². The van der Waals surface area contributed by atoms with Crippen molar-refractivity contribution in [2.24, 2.45) is 0 Å². The second kappa shape index (κ2) is 7.46. The molecule has 18 heavy (non-hydrogen) atoms. The van der Waals surface area contributed by atoms with Crippen LogP contribution in [0.25, 0.3) is 0 Å². The van der Waals surface area contributed by atoms with Gasteiger partial charge < -0.3 is 5.32 Å². The molecule has 0 radical (unpaired) electrons. The van der Waals surface area contributed by atoms with Gasteiger partial charge in [-0.1, -0.05) is 13.8 Å². The van der Waals surface area contributed by atoms with Gasteiger partial charge in [-0.2, -0.15) is 28.6 Å². The van der Waals surface area contributed by atoms with Crippen LogP contribution in [0.3, 0.4) is 0 Å². The molecule has 1 aromatic heterocycles. The van der Waals surface area contributed by atoms with Crippen LogP contribution in [0.1, 0.15) is 31.9 Å². The van der Waals surface area contributed by atoms with Crippen molar-refractivity contribution in [3.63, 3.8) is 0 Å². The van der Waals surface area contributed by atoms with Crippen LogP contribution in [0.5, 0.6) is 0 Å². The lowest BCUT2D eigenvalue weighted by Crippen LogP contribution is -2.33. The van der Waals surface area contributed by atoms with Crippen molar-refractivity contribution in [1.82, 2.24) is 15.1 Å². The average molecular weight is 285 g/mol. The van der Waals surface area contributed by atoms with Crippen molar-refractivity contribution in [2.45, 2.75) is 38.1 Å². The fraction of sp³-hybridized carbons (Fsp3) is 0.769. The van der Waals surface area contributed by atoms with E-state index in [0.29, 0.717) is 11.3 Å². The summed E-state index contributed by atoms with van der Waals surface area (Å²) in [6.45, 7) is 6.41. The number of thioether (sulfide) groups is 2. The predicted octanol–water partition coefficient (Wildman–Crippen LogP) is 2.79. The molecule has 0 aliphatic carbocycles. The van der Waals surface area contributed by atoms with Gasteiger partial charge in [0.05, 0.1) is 6.20 Å². The molecule has 0 aromatic carbocycles. The lowest BCUT2D eigenvalue weighted by Gasteiger charge is -2.29. The van der Waals surface area contributed by atoms with E-state index in [9.17, 15) is 0 Å². The van der Waals surface area contributed by atoms with Gasteiger partial charge in [0.15, 0.2) is 0 Å². The molecule has 1 fully saturated rings. The molecule has 2 atom stereocenters. The number of rotatable bonds is 6. The van der Waals surface area contributed by atoms with Crippen LogP contribution >= 0.6 is 23.5 Å². The van der Waals surface area contributed by atoms with E-state index in [0.717, 1.165) is 19.5 Å². The van der Waals surface area contributed by atoms with Gasteiger partial charge in [-0.25, -0.2) is 0 Å². The van der Waals surface area contributed by atoms with Crippen molar-refractivity contribution in [1.29, 1.82) is 0 Å². The van der Waals surface area contributed by atoms with E-state index in [1.54, 1.807) is 0 Å². The third-order valence-corrected chi connectivity index (χ3v) is 5.97. The van der Waals surface area contributed by atoms with E-state index in [4.69, 9.17) is 0 Å². The Morgan fingerprint density at radius 1 is 1.50 bits per heavy atom. The minimum atomic E-state index is 0.457. The van der Waals surface area contributed by atoms with Crippen LogP contribution in [0.15, 0.2) is 12.4 Å². The molecule has 0 spiro atoms. The standard InChI is InChI=1S/C13H23N3S2/c1-3-5-16-9-11(8-15-16)13(14-4-2)12-10-17-6-7-18-12/h8-9,12-14H,3-7,10H2,1-2H3. The van der Waals surface area contributed by atoms with Gasteiger partial charge in [0, 0.05) is 46.9 Å². The van der Waals surface area contributed by atoms with Crippen LogP contribution in [0, 0.1) is 0 Å². The second-order valence-electron chi connectivity index (χ2n) is 4.56. The van der Waals surface area contributed by atoms with Gasteiger partial charge in [-0.05, 0) is 13.0 Å². The number of hydrogen-bond acceptors (Lipinski definition) is 4. The largest absolute Gasteiger partial charge is 0.309 e. The van der Waals surface area contributed by atoms with Crippen LogP contribution < -0.4 is 5.32 Å². The Morgan fingerprint density at radius 2 is 2.39 bits per heavy atom. The first kappa shape index (κ1) is 14.3. The molecule has 1 aromatic rings. The maximum absolute atomic E-state index is 4.46. The van der Waals surface area contributed by atoms with Crippen molar-refractivity contribution in [3.8, 4) is 0 Å². The SMILES string of the molecule is CCCn1cc(C(NCC)C2CSCCS2)cn1. The van der Waals surface area contributed by atoms with Gasteiger partial charge in [-0.15, -0.1) is 0 Å². The van der Waals surface area contributed by atoms with Gasteiger partial charge in [0.2, 0.25) is 0 Å². The lowest BCUT2D eigenvalue weighted by atomic mass is 10.1. The lowest BCUT2D eigenvalue weighted by molar-refractivity contribution is 0.547. The zero-order valence-corrected chi connectivity index (χ0v) is 12.9. The molecule has 2 heterocycles. The van der Waals surface area contributed by atoms with Gasteiger partial charge in [0.25, 0.3) is 0 Å². The Bertz CT molecular complexity index is 348. The molecule has 1 aliphatic rings. The van der Waals surface area contributed by atoms with E-state index < -0.39 is 0 Å². The van der Waals surface area contributed by atoms with Crippen molar-refractivity contribution in [3.05, 3.63) is 18.0 Å². The van der Waals surface area contributed by atoms with E-state index in [1.807, 2.05) is 6.20 Å². The summed E-state index contributed by atoms with van der Waals surface area (Å²) in [5.41, 5.74) is 1.35. The Kier molecular flexibility index (Phi) is 5.92. The van der Waals surface area contributed by atoms with Crippen molar-refractivity contribution in [2.75, 3.05) is 23.8 Å². The molecule has 3 nitrogen and oxygen atoms in total. The maximum atomic E-state index is 4.46. The number of nitrogens with one attached hydrogen (secondary N) is 1. The molecular formula is C13H23N3S2. The average Bonchev–Trinajstić information content (AvgIpc) is 2.86. The number of aromatic nitrogens is 2. The molecule has 0 bridgehead atoms. The Morgan fingerprint density at radius 3 is 3.06 bits per heavy atom. The number of hydrogen-bond donors (Lipinski definition) is 1. The molecule has 5 heteroatoms. The van der Waals surface area contributed by atoms with Crippen LogP contribution in [-0.2, 0) is 6.54 Å². The second-order valence-corrected chi connectivity index (χ2v) is 7.05. The van der Waals surface area contributed by atoms with E-state index in [1.165, 1.54) is 22.8 Å². The first-order valence-electron chi connectivity index (χ1n) is 6.80. The van der Waals surface area contributed by atoms with E-state index >= 15 is 0 Å². The van der Waals surface area contributed by atoms with Crippen LogP contribution in [0.2, 0.25) is 0 Å². The Labute approximate surface area is 118 Å². The van der Waals surface area contributed by atoms with Crippen LogP contribution in [-0.4, -0.2) is 38.8 Å². The highest BCUT2D eigenvalue weighted by Crippen LogP contribution is 2.33. The maximum Gasteiger partial charge on any atom is 0.0538 e. The summed E-state index contributed by atoms with van der Waals surface area (Å²) < 4.78 is 2.07. The fourth-order valence-corrected chi connectivity index (χ4v) is 5.14. The highest BCUT2D eigenvalue weighted by Gasteiger charge is 2.26. The zero-order valence-electron chi connectivity index (χ0n) is 11.3. The van der Waals surface area contributed by atoms with Gasteiger partial charge >= 0.3 is 0 Å². The summed E-state index contributed by atoms with van der Waals surface area (Å²) in [4.78, 5) is 0.